The molecule has 0 unspecified atom stereocenters. The van der Waals surface area contributed by atoms with Gasteiger partial charge in [0.15, 0.2) is 5.54 Å². The lowest BCUT2D eigenvalue weighted by atomic mass is 9.81. The fourth-order valence-electron chi connectivity index (χ4n) is 5.10. The number of carbonyl (C=O) groups is 3. The molecule has 0 aromatic heterocycles. The average Bonchev–Trinajstić information content (AvgIpc) is 3.46. The molecular weight excluding hydrogens is 427 g/mol. The van der Waals surface area contributed by atoms with Gasteiger partial charge in [0.25, 0.3) is 17.6 Å². The van der Waals surface area contributed by atoms with Crippen LogP contribution in [-0.4, -0.2) is 53.9 Å². The number of ketones is 1. The van der Waals surface area contributed by atoms with Crippen molar-refractivity contribution in [3.63, 3.8) is 0 Å². The van der Waals surface area contributed by atoms with E-state index < -0.39 is 34.7 Å². The third kappa shape index (κ3) is 2.87. The van der Waals surface area contributed by atoms with Crippen molar-refractivity contribution in [3.05, 3.63) is 70.5 Å². The molecule has 3 heterocycles. The summed E-state index contributed by atoms with van der Waals surface area (Å²) >= 11 is 0. The number of amides is 2. The van der Waals surface area contributed by atoms with Crippen LogP contribution in [0.5, 0.6) is 0 Å². The topological polar surface area (TPSA) is 87.1 Å². The Bertz CT molecular complexity index is 1230. The SMILES string of the molecule is Cc1ccc(C(O)=C2C(=O)C(=O)N(C[C@H]3CCCO3)[C@]23C(=O)N(C)c2ccccc23)cc1F. The summed E-state index contributed by atoms with van der Waals surface area (Å²) in [5, 5.41) is 11.3. The number of likely N-dealkylation sites (tertiary alicyclic amines) is 1. The minimum atomic E-state index is -1.85. The highest BCUT2D eigenvalue weighted by atomic mass is 19.1. The maximum Gasteiger partial charge on any atom is 0.296 e. The second-order valence-corrected chi connectivity index (χ2v) is 8.66. The van der Waals surface area contributed by atoms with E-state index in [1.807, 2.05) is 0 Å². The number of para-hydroxylation sites is 1. The number of nitrogens with zero attached hydrogens (tertiary/aromatic N) is 2. The molecule has 7 nitrogen and oxygen atoms in total. The molecule has 2 atom stereocenters. The summed E-state index contributed by atoms with van der Waals surface area (Å²) in [6.07, 6.45) is 1.17. The van der Waals surface area contributed by atoms with E-state index in [1.54, 1.807) is 38.2 Å². The van der Waals surface area contributed by atoms with Crippen molar-refractivity contribution in [1.29, 1.82) is 0 Å². The highest BCUT2D eigenvalue weighted by Gasteiger charge is 2.67. The summed E-state index contributed by atoms with van der Waals surface area (Å²) in [6, 6.07) is 10.9. The van der Waals surface area contributed by atoms with Crippen LogP contribution in [0.1, 0.15) is 29.5 Å². The molecule has 5 rings (SSSR count). The first kappa shape index (κ1) is 21.3. The molecule has 2 fully saturated rings. The van der Waals surface area contributed by atoms with Crippen LogP contribution in [0.25, 0.3) is 5.76 Å². The van der Waals surface area contributed by atoms with Crippen molar-refractivity contribution < 1.29 is 28.6 Å². The standard InChI is InChI=1S/C25H23FN2O5/c1-14-9-10-15(12-18(14)26)21(29)20-22(30)23(31)28(13-16-6-5-11-33-16)25(20)17-7-3-4-8-19(17)27(2)24(25)32/h3-4,7-10,12,16,29H,5-6,11,13H2,1-2H3/t16-,25+/m1/s1. The Hall–Kier alpha value is -3.52. The second kappa shape index (κ2) is 7.52. The number of ether oxygens (including phenoxy) is 1. The van der Waals surface area contributed by atoms with Crippen LogP contribution in [0.4, 0.5) is 10.1 Å². The average molecular weight is 450 g/mol. The summed E-state index contributed by atoms with van der Waals surface area (Å²) in [4.78, 5) is 43.1. The van der Waals surface area contributed by atoms with Gasteiger partial charge in [0, 0.05) is 37.0 Å². The molecule has 0 saturated carbocycles. The third-order valence-electron chi connectivity index (χ3n) is 6.79. The number of anilines is 1. The Morgan fingerprint density at radius 3 is 2.67 bits per heavy atom. The largest absolute Gasteiger partial charge is 0.507 e. The van der Waals surface area contributed by atoms with E-state index in [0.29, 0.717) is 29.8 Å². The first-order chi connectivity index (χ1) is 15.8. The molecule has 170 valence electrons. The number of halogens is 1. The maximum absolute atomic E-state index is 14.3. The van der Waals surface area contributed by atoms with Gasteiger partial charge in [0.1, 0.15) is 11.6 Å². The van der Waals surface area contributed by atoms with Crippen LogP contribution in [0.15, 0.2) is 48.0 Å². The molecule has 2 aromatic rings. The Morgan fingerprint density at radius 2 is 1.97 bits per heavy atom. The van der Waals surface area contributed by atoms with Crippen LogP contribution in [0.3, 0.4) is 0 Å². The molecule has 33 heavy (non-hydrogen) atoms. The molecule has 3 aliphatic rings. The van der Waals surface area contributed by atoms with Gasteiger partial charge in [-0.3, -0.25) is 14.4 Å². The highest BCUT2D eigenvalue weighted by molar-refractivity contribution is 6.50. The predicted octanol–water partition coefficient (Wildman–Crippen LogP) is 2.87. The summed E-state index contributed by atoms with van der Waals surface area (Å²) in [7, 11) is 1.56. The number of aryl methyl sites for hydroxylation is 1. The lowest BCUT2D eigenvalue weighted by molar-refractivity contribution is -0.145. The Balaban J connectivity index is 1.79. The lowest BCUT2D eigenvalue weighted by Crippen LogP contribution is -2.53. The van der Waals surface area contributed by atoms with Crippen molar-refractivity contribution >= 4 is 29.0 Å². The van der Waals surface area contributed by atoms with Gasteiger partial charge in [-0.1, -0.05) is 30.3 Å². The monoisotopic (exact) mass is 450 g/mol. The predicted molar refractivity (Wildman–Crippen MR) is 118 cm³/mol. The zero-order valence-corrected chi connectivity index (χ0v) is 18.3. The van der Waals surface area contributed by atoms with Crippen molar-refractivity contribution in [2.45, 2.75) is 31.4 Å². The van der Waals surface area contributed by atoms with Gasteiger partial charge in [0.2, 0.25) is 0 Å². The fourth-order valence-corrected chi connectivity index (χ4v) is 5.10. The normalized spacial score (nSPS) is 26.0. The number of aliphatic hydroxyl groups excluding tert-OH is 1. The molecule has 2 saturated heterocycles. The molecule has 1 spiro atoms. The highest BCUT2D eigenvalue weighted by Crippen LogP contribution is 2.53. The molecule has 1 N–H and O–H groups in total. The van der Waals surface area contributed by atoms with E-state index in [9.17, 15) is 23.9 Å². The number of carbonyl (C=O) groups excluding carboxylic acids is 3. The van der Waals surface area contributed by atoms with Crippen molar-refractivity contribution in [1.82, 2.24) is 4.90 Å². The summed E-state index contributed by atoms with van der Waals surface area (Å²) in [5.74, 6) is -3.56. The Labute approximate surface area is 190 Å². The molecule has 0 bridgehead atoms. The summed E-state index contributed by atoms with van der Waals surface area (Å²) < 4.78 is 20.0. The molecule has 0 radical (unpaired) electrons. The smallest absolute Gasteiger partial charge is 0.296 e. The molecule has 3 aliphatic heterocycles. The molecular formula is C25H23FN2O5. The van der Waals surface area contributed by atoms with E-state index in [-0.39, 0.29) is 23.8 Å². The van der Waals surface area contributed by atoms with Gasteiger partial charge in [-0.25, -0.2) is 4.39 Å². The van der Waals surface area contributed by atoms with Gasteiger partial charge < -0.3 is 19.6 Å². The van der Waals surface area contributed by atoms with Crippen LogP contribution in [-0.2, 0) is 24.7 Å². The zero-order chi connectivity index (χ0) is 23.5. The van der Waals surface area contributed by atoms with E-state index in [2.05, 4.69) is 0 Å². The van der Waals surface area contributed by atoms with Crippen molar-refractivity contribution in [2.75, 3.05) is 25.1 Å². The number of hydrogen-bond acceptors (Lipinski definition) is 5. The maximum atomic E-state index is 14.3. The quantitative estimate of drug-likeness (QED) is 0.442. The van der Waals surface area contributed by atoms with E-state index in [4.69, 9.17) is 4.74 Å². The van der Waals surface area contributed by atoms with Crippen LogP contribution in [0, 0.1) is 12.7 Å². The Kier molecular flexibility index (Phi) is 4.86. The second-order valence-electron chi connectivity index (χ2n) is 8.66. The molecule has 8 heteroatoms. The summed E-state index contributed by atoms with van der Waals surface area (Å²) in [6.45, 7) is 2.14. The first-order valence-electron chi connectivity index (χ1n) is 10.8. The van der Waals surface area contributed by atoms with Gasteiger partial charge in [-0.15, -0.1) is 0 Å². The van der Waals surface area contributed by atoms with Crippen LogP contribution < -0.4 is 4.90 Å². The van der Waals surface area contributed by atoms with E-state index in [0.717, 1.165) is 12.5 Å². The first-order valence-corrected chi connectivity index (χ1v) is 10.8. The molecule has 0 aliphatic carbocycles. The van der Waals surface area contributed by atoms with Crippen molar-refractivity contribution in [2.24, 2.45) is 0 Å². The number of likely N-dealkylation sites (N-methyl/N-ethyl adjacent to an activating group) is 1. The number of fused-ring (bicyclic) bond motifs is 2. The minimum absolute atomic E-state index is 0.0208. The third-order valence-corrected chi connectivity index (χ3v) is 6.79. The van der Waals surface area contributed by atoms with E-state index in [1.165, 1.54) is 21.9 Å². The van der Waals surface area contributed by atoms with Crippen molar-refractivity contribution in [3.8, 4) is 0 Å². The van der Waals surface area contributed by atoms with Crippen LogP contribution >= 0.6 is 0 Å². The molecule has 2 aromatic carbocycles. The van der Waals surface area contributed by atoms with Crippen LogP contribution in [0.2, 0.25) is 0 Å². The number of benzene rings is 2. The van der Waals surface area contributed by atoms with Gasteiger partial charge >= 0.3 is 0 Å². The number of hydrogen-bond donors (Lipinski definition) is 1. The number of aliphatic hydroxyl groups is 1. The van der Waals surface area contributed by atoms with E-state index >= 15 is 0 Å². The number of rotatable bonds is 3. The lowest BCUT2D eigenvalue weighted by Gasteiger charge is -2.35. The minimum Gasteiger partial charge on any atom is -0.507 e. The fraction of sp³-hybridized carbons (Fsp3) is 0.320. The summed E-state index contributed by atoms with van der Waals surface area (Å²) in [5.41, 5.74) is -0.867. The van der Waals surface area contributed by atoms with Gasteiger partial charge in [0.05, 0.1) is 11.7 Å². The van der Waals surface area contributed by atoms with Gasteiger partial charge in [-0.05, 0) is 37.5 Å². The Morgan fingerprint density at radius 1 is 1.21 bits per heavy atom. The molecule has 2 amide bonds. The number of Topliss-reactive ketones (excluding diaryl/α,β-unsaturated/α-hetero) is 1. The zero-order valence-electron chi connectivity index (χ0n) is 18.3. The van der Waals surface area contributed by atoms with Gasteiger partial charge in [-0.2, -0.15) is 0 Å².